The highest BCUT2D eigenvalue weighted by molar-refractivity contribution is 7.16. The molecule has 0 bridgehead atoms. The largest absolute Gasteiger partial charge is 0.327 e. The molecular weight excluding hydrogens is 432 g/mol. The number of fused-ring (bicyclic) bond motifs is 1. The number of nitriles is 1. The molecule has 2 heterocycles. The summed E-state index contributed by atoms with van der Waals surface area (Å²) in [5.74, 6) is 0.755. The fourth-order valence-corrected chi connectivity index (χ4v) is 6.11. The molecule has 168 valence electrons. The standard InChI is InChI=1S/C26H26N4O2S/c1-17(21-7-8-23-22(13-21)28-16-33-23)20-9-11-26(12-10-20)24(31)30(25(32)29(26)2)15-19-5-3-18(14-27)4-6-19/h3-8,13,16-17,20H,9-12,15H2,1-2H3. The Hall–Kier alpha value is -3.24. The van der Waals surface area contributed by atoms with E-state index in [2.05, 4.69) is 36.2 Å². The molecule has 1 aliphatic heterocycles. The second-order valence-electron chi connectivity index (χ2n) is 9.28. The highest BCUT2D eigenvalue weighted by atomic mass is 32.1. The van der Waals surface area contributed by atoms with Gasteiger partial charge in [-0.1, -0.05) is 25.1 Å². The van der Waals surface area contributed by atoms with Crippen molar-refractivity contribution in [3.05, 3.63) is 64.7 Å². The lowest BCUT2D eigenvalue weighted by atomic mass is 9.70. The highest BCUT2D eigenvalue weighted by Crippen LogP contribution is 2.46. The number of hydrogen-bond donors (Lipinski definition) is 0. The Labute approximate surface area is 197 Å². The van der Waals surface area contributed by atoms with Gasteiger partial charge in [0.25, 0.3) is 5.91 Å². The molecule has 0 N–H and O–H groups in total. The summed E-state index contributed by atoms with van der Waals surface area (Å²) in [6.45, 7) is 2.50. The first-order valence-electron chi connectivity index (χ1n) is 11.3. The summed E-state index contributed by atoms with van der Waals surface area (Å²) in [5, 5.41) is 8.99. The van der Waals surface area contributed by atoms with Crippen molar-refractivity contribution < 1.29 is 9.59 Å². The molecule has 1 saturated carbocycles. The van der Waals surface area contributed by atoms with E-state index in [1.54, 1.807) is 35.4 Å². The number of aromatic nitrogens is 1. The summed E-state index contributed by atoms with van der Waals surface area (Å²) in [7, 11) is 1.76. The Morgan fingerprint density at radius 2 is 1.91 bits per heavy atom. The summed E-state index contributed by atoms with van der Waals surface area (Å²) in [6, 6.07) is 15.5. The monoisotopic (exact) mass is 458 g/mol. The summed E-state index contributed by atoms with van der Waals surface area (Å²) in [6.07, 6.45) is 3.19. The number of likely N-dealkylation sites (N-methyl/N-ethyl adjacent to an activating group) is 1. The second kappa shape index (κ2) is 8.27. The second-order valence-corrected chi connectivity index (χ2v) is 10.2. The van der Waals surface area contributed by atoms with Gasteiger partial charge in [0.15, 0.2) is 0 Å². The van der Waals surface area contributed by atoms with Crippen LogP contribution in [-0.2, 0) is 11.3 Å². The van der Waals surface area contributed by atoms with Crippen molar-refractivity contribution in [2.24, 2.45) is 5.92 Å². The van der Waals surface area contributed by atoms with Gasteiger partial charge in [-0.2, -0.15) is 5.26 Å². The predicted octanol–water partition coefficient (Wildman–Crippen LogP) is 5.29. The number of nitrogens with zero attached hydrogens (tertiary/aromatic N) is 4. The minimum absolute atomic E-state index is 0.0886. The van der Waals surface area contributed by atoms with Crippen molar-refractivity contribution in [1.82, 2.24) is 14.8 Å². The quantitative estimate of drug-likeness (QED) is 0.498. The topological polar surface area (TPSA) is 77.3 Å². The number of imide groups is 1. The Bertz CT molecular complexity index is 1250. The molecule has 1 aromatic heterocycles. The third-order valence-electron chi connectivity index (χ3n) is 7.67. The summed E-state index contributed by atoms with van der Waals surface area (Å²) in [4.78, 5) is 34.0. The Kier molecular flexibility index (Phi) is 5.41. The van der Waals surface area contributed by atoms with Gasteiger partial charge in [0.1, 0.15) is 5.54 Å². The van der Waals surface area contributed by atoms with Crippen LogP contribution < -0.4 is 0 Å². The van der Waals surface area contributed by atoms with Gasteiger partial charge in [-0.3, -0.25) is 9.69 Å². The number of benzene rings is 2. The third kappa shape index (κ3) is 3.59. The lowest BCUT2D eigenvalue weighted by Gasteiger charge is -2.41. The van der Waals surface area contributed by atoms with E-state index in [1.807, 2.05) is 17.6 Å². The number of carbonyl (C=O) groups excluding carboxylic acids is 2. The molecule has 1 saturated heterocycles. The van der Waals surface area contributed by atoms with Crippen LogP contribution in [0.15, 0.2) is 48.0 Å². The van der Waals surface area contributed by atoms with Gasteiger partial charge in [-0.15, -0.1) is 11.3 Å². The van der Waals surface area contributed by atoms with Crippen LogP contribution >= 0.6 is 11.3 Å². The van der Waals surface area contributed by atoms with Crippen LogP contribution in [0.4, 0.5) is 4.79 Å². The maximum absolute atomic E-state index is 13.5. The van der Waals surface area contributed by atoms with Crippen LogP contribution in [0.2, 0.25) is 0 Å². The molecule has 2 aromatic carbocycles. The Morgan fingerprint density at radius 1 is 1.18 bits per heavy atom. The summed E-state index contributed by atoms with van der Waals surface area (Å²) < 4.78 is 1.20. The van der Waals surface area contributed by atoms with Gasteiger partial charge in [-0.05, 0) is 72.9 Å². The van der Waals surface area contributed by atoms with Crippen LogP contribution in [0.25, 0.3) is 10.2 Å². The van der Waals surface area contributed by atoms with E-state index in [0.717, 1.165) is 23.9 Å². The minimum Gasteiger partial charge on any atom is -0.313 e. The maximum atomic E-state index is 13.5. The van der Waals surface area contributed by atoms with Crippen molar-refractivity contribution >= 4 is 33.5 Å². The van der Waals surface area contributed by atoms with Gasteiger partial charge in [0, 0.05) is 7.05 Å². The number of amides is 3. The van der Waals surface area contributed by atoms with Crippen LogP contribution in [0, 0.1) is 17.2 Å². The third-order valence-corrected chi connectivity index (χ3v) is 8.48. The van der Waals surface area contributed by atoms with Crippen LogP contribution in [-0.4, -0.2) is 39.3 Å². The molecule has 0 radical (unpaired) electrons. The van der Waals surface area contributed by atoms with E-state index in [4.69, 9.17) is 5.26 Å². The van der Waals surface area contributed by atoms with Gasteiger partial charge in [0.2, 0.25) is 0 Å². The smallest absolute Gasteiger partial charge is 0.313 e. The lowest BCUT2D eigenvalue weighted by molar-refractivity contribution is -0.135. The van der Waals surface area contributed by atoms with Gasteiger partial charge >= 0.3 is 6.03 Å². The maximum Gasteiger partial charge on any atom is 0.327 e. The first kappa shape index (κ1) is 21.6. The normalized spacial score (nSPS) is 24.0. The highest BCUT2D eigenvalue weighted by Gasteiger charge is 2.56. The number of rotatable bonds is 4. The Morgan fingerprint density at radius 3 is 2.61 bits per heavy atom. The SMILES string of the molecule is CC(c1ccc2scnc2c1)C1CCC2(CC1)C(=O)N(Cc1ccc(C#N)cc1)C(=O)N2C. The van der Waals surface area contributed by atoms with E-state index in [1.165, 1.54) is 15.2 Å². The van der Waals surface area contributed by atoms with E-state index in [0.29, 0.717) is 30.2 Å². The molecule has 1 aliphatic carbocycles. The van der Waals surface area contributed by atoms with Gasteiger partial charge < -0.3 is 4.90 Å². The summed E-state index contributed by atoms with van der Waals surface area (Å²) in [5.41, 5.74) is 4.89. The van der Waals surface area contributed by atoms with E-state index >= 15 is 0 Å². The fraction of sp³-hybridized carbons (Fsp3) is 0.385. The molecule has 5 rings (SSSR count). The zero-order valence-electron chi connectivity index (χ0n) is 18.8. The molecule has 2 fully saturated rings. The van der Waals surface area contributed by atoms with Crippen molar-refractivity contribution in [2.75, 3.05) is 7.05 Å². The molecule has 1 spiro atoms. The van der Waals surface area contributed by atoms with E-state index in [9.17, 15) is 9.59 Å². The van der Waals surface area contributed by atoms with Gasteiger partial charge in [-0.25, -0.2) is 9.78 Å². The van der Waals surface area contributed by atoms with Crippen LogP contribution in [0.5, 0.6) is 0 Å². The molecule has 33 heavy (non-hydrogen) atoms. The van der Waals surface area contributed by atoms with Gasteiger partial charge in [0.05, 0.1) is 33.9 Å². The van der Waals surface area contributed by atoms with Crippen LogP contribution in [0.1, 0.15) is 55.2 Å². The molecule has 6 nitrogen and oxygen atoms in total. The predicted molar refractivity (Wildman–Crippen MR) is 128 cm³/mol. The first-order valence-corrected chi connectivity index (χ1v) is 12.2. The number of carbonyl (C=O) groups is 2. The fourth-order valence-electron chi connectivity index (χ4n) is 5.45. The van der Waals surface area contributed by atoms with E-state index < -0.39 is 5.54 Å². The number of urea groups is 1. The average molecular weight is 459 g/mol. The first-order chi connectivity index (χ1) is 15.9. The van der Waals surface area contributed by atoms with E-state index in [-0.39, 0.29) is 18.5 Å². The Balaban J connectivity index is 1.30. The zero-order chi connectivity index (χ0) is 23.2. The van der Waals surface area contributed by atoms with Crippen molar-refractivity contribution in [3.63, 3.8) is 0 Å². The zero-order valence-corrected chi connectivity index (χ0v) is 19.6. The average Bonchev–Trinajstić information content (AvgIpc) is 3.39. The molecule has 2 aliphatic rings. The molecular formula is C26H26N4O2S. The van der Waals surface area contributed by atoms with Crippen molar-refractivity contribution in [2.45, 2.75) is 50.6 Å². The molecule has 3 aromatic rings. The van der Waals surface area contributed by atoms with Crippen molar-refractivity contribution in [3.8, 4) is 6.07 Å². The molecule has 3 amide bonds. The summed E-state index contributed by atoms with van der Waals surface area (Å²) >= 11 is 1.65. The lowest BCUT2D eigenvalue weighted by Crippen LogP contribution is -2.50. The molecule has 7 heteroatoms. The van der Waals surface area contributed by atoms with Crippen LogP contribution in [0.3, 0.4) is 0 Å². The number of thiazole rings is 1. The molecule has 1 unspecified atom stereocenters. The minimum atomic E-state index is -0.737. The number of hydrogen-bond acceptors (Lipinski definition) is 5. The van der Waals surface area contributed by atoms with Crippen molar-refractivity contribution in [1.29, 1.82) is 5.26 Å². The molecule has 1 atom stereocenters.